The Labute approximate surface area is 163 Å². The topological polar surface area (TPSA) is 55.7 Å². The van der Waals surface area contributed by atoms with Crippen molar-refractivity contribution in [3.05, 3.63) is 65.2 Å². The van der Waals surface area contributed by atoms with E-state index in [9.17, 15) is 21.6 Å². The normalized spacial score (nSPS) is 13.2. The van der Waals surface area contributed by atoms with Gasteiger partial charge in [0.05, 0.1) is 5.69 Å². The Morgan fingerprint density at radius 3 is 1.82 bits per heavy atom. The summed E-state index contributed by atoms with van der Waals surface area (Å²) in [5.74, 6) is -0.574. The van der Waals surface area contributed by atoms with Gasteiger partial charge in [-0.3, -0.25) is 0 Å². The molecule has 8 heteroatoms. The molecule has 0 saturated heterocycles. The number of rotatable bonds is 5. The number of hydrogen-bond acceptors (Lipinski definition) is 4. The van der Waals surface area contributed by atoms with Gasteiger partial charge in [-0.25, -0.2) is 4.99 Å². The van der Waals surface area contributed by atoms with E-state index in [1.165, 1.54) is 12.1 Å². The van der Waals surface area contributed by atoms with Crippen LogP contribution in [0.5, 0.6) is 0 Å². The Morgan fingerprint density at radius 1 is 0.893 bits per heavy atom. The first kappa shape index (κ1) is 21.9. The van der Waals surface area contributed by atoms with Crippen molar-refractivity contribution < 1.29 is 25.8 Å². The van der Waals surface area contributed by atoms with Gasteiger partial charge in [0.1, 0.15) is 0 Å². The Morgan fingerprint density at radius 2 is 1.39 bits per heavy atom. The highest BCUT2D eigenvalue weighted by Crippen LogP contribution is 2.36. The third kappa shape index (κ3) is 4.92. The highest BCUT2D eigenvalue weighted by atomic mass is 32.2. The lowest BCUT2D eigenvalue weighted by atomic mass is 9.93. The summed E-state index contributed by atoms with van der Waals surface area (Å²) in [6.07, 6.45) is 0. The monoisotopic (exact) mass is 413 g/mol. The van der Waals surface area contributed by atoms with E-state index in [2.05, 4.69) is 9.18 Å². The van der Waals surface area contributed by atoms with Gasteiger partial charge in [-0.2, -0.15) is 21.6 Å². The second kappa shape index (κ2) is 8.34. The molecular formula is C20H22F3NO3S. The van der Waals surface area contributed by atoms with E-state index < -0.39 is 21.5 Å². The molecule has 4 nitrogen and oxygen atoms in total. The summed E-state index contributed by atoms with van der Waals surface area (Å²) in [5.41, 5.74) is -3.44. The molecule has 0 bridgehead atoms. The molecule has 2 aromatic carbocycles. The average Bonchev–Trinajstić information content (AvgIpc) is 2.60. The number of alkyl halides is 3. The van der Waals surface area contributed by atoms with Crippen LogP contribution in [0.2, 0.25) is 0 Å². The highest BCUT2D eigenvalue weighted by Gasteiger charge is 2.49. The van der Waals surface area contributed by atoms with E-state index >= 15 is 0 Å². The summed E-state index contributed by atoms with van der Waals surface area (Å²) in [5, 5.41) is 0. The van der Waals surface area contributed by atoms with Gasteiger partial charge < -0.3 is 4.18 Å². The molecule has 0 aliphatic rings. The van der Waals surface area contributed by atoms with Gasteiger partial charge in [0.2, 0.25) is 5.90 Å². The van der Waals surface area contributed by atoms with Crippen LogP contribution in [-0.2, 0) is 14.3 Å². The maximum atomic E-state index is 12.9. The summed E-state index contributed by atoms with van der Waals surface area (Å²) in [7, 11) is -5.86. The van der Waals surface area contributed by atoms with Crippen molar-refractivity contribution in [1.82, 2.24) is 0 Å². The van der Waals surface area contributed by atoms with Crippen molar-refractivity contribution in [3.8, 4) is 0 Å². The number of benzene rings is 2. The van der Waals surface area contributed by atoms with Crippen molar-refractivity contribution >= 4 is 21.7 Å². The van der Waals surface area contributed by atoms with E-state index in [-0.39, 0.29) is 17.4 Å². The van der Waals surface area contributed by atoms with Crippen molar-refractivity contribution in [2.45, 2.75) is 45.0 Å². The lowest BCUT2D eigenvalue weighted by Crippen LogP contribution is -2.28. The van der Waals surface area contributed by atoms with Crippen LogP contribution in [0.1, 0.15) is 56.2 Å². The second-order valence-corrected chi connectivity index (χ2v) is 8.40. The summed E-state index contributed by atoms with van der Waals surface area (Å²) < 4.78 is 66.4. The number of aliphatic imine (C=N–C) groups is 1. The molecule has 0 spiro atoms. The molecule has 2 aromatic rings. The fraction of sp³-hybridized carbons (Fsp3) is 0.350. The molecule has 0 aromatic heterocycles. The lowest BCUT2D eigenvalue weighted by molar-refractivity contribution is -0.0504. The minimum Gasteiger partial charge on any atom is -0.355 e. The molecule has 0 aliphatic carbocycles. The average molecular weight is 413 g/mol. The minimum atomic E-state index is -5.86. The zero-order valence-electron chi connectivity index (χ0n) is 16.0. The van der Waals surface area contributed by atoms with E-state index in [4.69, 9.17) is 0 Å². The fourth-order valence-corrected chi connectivity index (χ4v) is 3.04. The molecule has 0 N–H and O–H groups in total. The van der Waals surface area contributed by atoms with Crippen LogP contribution in [0.4, 0.5) is 18.9 Å². The third-order valence-corrected chi connectivity index (χ3v) is 4.99. The molecule has 0 amide bonds. The van der Waals surface area contributed by atoms with Crippen molar-refractivity contribution in [1.29, 1.82) is 0 Å². The smallest absolute Gasteiger partial charge is 0.355 e. The van der Waals surface area contributed by atoms with Gasteiger partial charge in [0, 0.05) is 5.56 Å². The number of hydrogen-bond donors (Lipinski definition) is 0. The first-order valence-corrected chi connectivity index (χ1v) is 10.1. The van der Waals surface area contributed by atoms with Crippen LogP contribution in [0.3, 0.4) is 0 Å². The zero-order valence-corrected chi connectivity index (χ0v) is 16.8. The van der Waals surface area contributed by atoms with E-state index in [0.717, 1.165) is 11.1 Å². The van der Waals surface area contributed by atoms with Crippen LogP contribution in [0.15, 0.2) is 53.5 Å². The number of nitrogens with zero attached hydrogens (tertiary/aromatic N) is 1. The van der Waals surface area contributed by atoms with Crippen molar-refractivity contribution in [2.75, 3.05) is 0 Å². The Hall–Kier alpha value is -2.35. The maximum absolute atomic E-state index is 12.9. The van der Waals surface area contributed by atoms with Crippen LogP contribution >= 0.6 is 0 Å². The number of halogens is 3. The lowest BCUT2D eigenvalue weighted by Gasteiger charge is -2.18. The van der Waals surface area contributed by atoms with Gasteiger partial charge in [-0.1, -0.05) is 64.1 Å². The molecular weight excluding hydrogens is 391 g/mol. The number of para-hydroxylation sites is 1. The molecule has 28 heavy (non-hydrogen) atoms. The van der Waals surface area contributed by atoms with Crippen LogP contribution in [0, 0.1) is 0 Å². The molecule has 0 unspecified atom stereocenters. The molecule has 0 fully saturated rings. The maximum Gasteiger partial charge on any atom is 0.534 e. The summed E-state index contributed by atoms with van der Waals surface area (Å²) in [6, 6.07) is 13.1. The second-order valence-electron chi connectivity index (χ2n) is 6.86. The summed E-state index contributed by atoms with van der Waals surface area (Å²) >= 11 is 0. The Balaban J connectivity index is 2.74. The van der Waals surface area contributed by atoms with E-state index in [1.54, 1.807) is 18.2 Å². The van der Waals surface area contributed by atoms with Crippen LogP contribution < -0.4 is 0 Å². The van der Waals surface area contributed by atoms with Gasteiger partial charge in [-0.05, 0) is 35.1 Å². The molecule has 0 aliphatic heterocycles. The van der Waals surface area contributed by atoms with Gasteiger partial charge in [0.15, 0.2) is 0 Å². The summed E-state index contributed by atoms with van der Waals surface area (Å²) in [4.78, 5) is 4.29. The highest BCUT2D eigenvalue weighted by molar-refractivity contribution is 7.88. The molecule has 0 heterocycles. The predicted octanol–water partition coefficient (Wildman–Crippen LogP) is 5.88. The first-order chi connectivity index (χ1) is 12.9. The summed E-state index contributed by atoms with van der Waals surface area (Å²) in [6.45, 7) is 7.70. The minimum absolute atomic E-state index is 0.0219. The standard InChI is InChI=1S/C20H22F3NO3S/c1-13(2)16-11-8-12-17(14(3)4)18(16)24-19(15-9-6-5-7-10-15)27-28(25,26)20(21,22)23/h5-14H,1-4H3. The van der Waals surface area contributed by atoms with Gasteiger partial charge >= 0.3 is 15.6 Å². The zero-order chi connectivity index (χ0) is 21.1. The molecule has 0 atom stereocenters. The van der Waals surface area contributed by atoms with Gasteiger partial charge in [0.25, 0.3) is 0 Å². The fourth-order valence-electron chi connectivity index (χ4n) is 2.61. The predicted molar refractivity (Wildman–Crippen MR) is 103 cm³/mol. The Kier molecular flexibility index (Phi) is 6.54. The molecule has 0 radical (unpaired) electrons. The largest absolute Gasteiger partial charge is 0.534 e. The van der Waals surface area contributed by atoms with Gasteiger partial charge in [-0.15, -0.1) is 0 Å². The Bertz CT molecular complexity index is 924. The van der Waals surface area contributed by atoms with E-state index in [1.807, 2.05) is 45.9 Å². The van der Waals surface area contributed by atoms with Crippen LogP contribution in [-0.4, -0.2) is 19.8 Å². The molecule has 152 valence electrons. The molecule has 2 rings (SSSR count). The third-order valence-electron chi connectivity index (χ3n) is 4.05. The first-order valence-electron chi connectivity index (χ1n) is 8.71. The van der Waals surface area contributed by atoms with E-state index in [0.29, 0.717) is 5.69 Å². The van der Waals surface area contributed by atoms with Crippen molar-refractivity contribution in [3.63, 3.8) is 0 Å². The molecule has 0 saturated carbocycles. The quantitative estimate of drug-likeness (QED) is 0.266. The van der Waals surface area contributed by atoms with Crippen molar-refractivity contribution in [2.24, 2.45) is 4.99 Å². The SMILES string of the molecule is CC(C)c1cccc(C(C)C)c1N=C(OS(=O)(=O)C(F)(F)F)c1ccccc1. The van der Waals surface area contributed by atoms with Crippen LogP contribution in [0.25, 0.3) is 0 Å².